The number of hydrogen-bond donors (Lipinski definition) is 2. The molecule has 1 fully saturated rings. The van der Waals surface area contributed by atoms with Crippen molar-refractivity contribution >= 4 is 28.3 Å². The predicted octanol–water partition coefficient (Wildman–Crippen LogP) is 1.37. The molecule has 2 N–H and O–H groups in total. The van der Waals surface area contributed by atoms with E-state index in [0.717, 1.165) is 6.07 Å². The number of sulfonamides is 1. The minimum Gasteiger partial charge on any atom is -0.354 e. The number of halogens is 2. The molecule has 1 unspecified atom stereocenters. The highest BCUT2D eigenvalue weighted by Crippen LogP contribution is 2.25. The van der Waals surface area contributed by atoms with Crippen molar-refractivity contribution in [3.63, 3.8) is 0 Å². The van der Waals surface area contributed by atoms with Gasteiger partial charge < -0.3 is 10.6 Å². The third kappa shape index (κ3) is 5.37. The van der Waals surface area contributed by atoms with E-state index in [0.29, 0.717) is 19.4 Å². The van der Waals surface area contributed by atoms with Gasteiger partial charge in [0, 0.05) is 31.6 Å². The van der Waals surface area contributed by atoms with E-state index in [-0.39, 0.29) is 48.3 Å². The highest BCUT2D eigenvalue weighted by atomic mass is 35.5. The van der Waals surface area contributed by atoms with Gasteiger partial charge in [-0.1, -0.05) is 12.1 Å². The van der Waals surface area contributed by atoms with Crippen molar-refractivity contribution < 1.29 is 17.6 Å². The monoisotopic (exact) mass is 393 g/mol. The zero-order chi connectivity index (χ0) is 17.7. The first-order valence-corrected chi connectivity index (χ1v) is 9.50. The molecular formula is C16H25ClFN3O3S. The summed E-state index contributed by atoms with van der Waals surface area (Å²) in [4.78, 5) is 11.8. The van der Waals surface area contributed by atoms with Crippen LogP contribution in [0.25, 0.3) is 0 Å². The van der Waals surface area contributed by atoms with Crippen LogP contribution in [0, 0.1) is 11.7 Å². The molecule has 2 rings (SSSR count). The average Bonchev–Trinajstić information content (AvgIpc) is 2.59. The summed E-state index contributed by atoms with van der Waals surface area (Å²) in [5.74, 6) is -1.01. The highest BCUT2D eigenvalue weighted by molar-refractivity contribution is 7.89. The molecule has 1 aromatic rings. The summed E-state index contributed by atoms with van der Waals surface area (Å²) in [6.45, 7) is 2.93. The maximum atomic E-state index is 13.8. The molecule has 0 aromatic heterocycles. The Labute approximate surface area is 154 Å². The SMILES string of the molecule is CNC(C)CNC(=O)C1CCN(S(=O)(=O)c2ccccc2F)CC1.Cl. The molecule has 1 saturated heterocycles. The van der Waals surface area contributed by atoms with E-state index in [2.05, 4.69) is 10.6 Å². The molecule has 0 radical (unpaired) electrons. The van der Waals surface area contributed by atoms with E-state index in [4.69, 9.17) is 0 Å². The summed E-state index contributed by atoms with van der Waals surface area (Å²) in [5.41, 5.74) is 0. The van der Waals surface area contributed by atoms with Crippen LogP contribution in [0.2, 0.25) is 0 Å². The number of likely N-dealkylation sites (N-methyl/N-ethyl adjacent to an activating group) is 1. The Kier molecular flexibility index (Phi) is 8.27. The van der Waals surface area contributed by atoms with Crippen molar-refractivity contribution in [3.8, 4) is 0 Å². The normalized spacial score (nSPS) is 17.6. The Morgan fingerprint density at radius 2 is 1.92 bits per heavy atom. The molecule has 1 heterocycles. The number of rotatable bonds is 6. The summed E-state index contributed by atoms with van der Waals surface area (Å²) in [5, 5.41) is 5.90. The molecule has 6 nitrogen and oxygen atoms in total. The lowest BCUT2D eigenvalue weighted by atomic mass is 9.97. The van der Waals surface area contributed by atoms with E-state index < -0.39 is 15.8 Å². The van der Waals surface area contributed by atoms with Gasteiger partial charge in [0.05, 0.1) is 0 Å². The number of nitrogens with one attached hydrogen (secondary N) is 2. The van der Waals surface area contributed by atoms with E-state index in [1.165, 1.54) is 22.5 Å². The van der Waals surface area contributed by atoms with Crippen LogP contribution in [-0.4, -0.2) is 51.4 Å². The smallest absolute Gasteiger partial charge is 0.245 e. The first-order chi connectivity index (χ1) is 11.4. The molecule has 25 heavy (non-hydrogen) atoms. The molecule has 142 valence electrons. The topological polar surface area (TPSA) is 78.5 Å². The molecule has 0 spiro atoms. The average molecular weight is 394 g/mol. The van der Waals surface area contributed by atoms with Gasteiger partial charge in [-0.15, -0.1) is 12.4 Å². The van der Waals surface area contributed by atoms with Crippen LogP contribution in [-0.2, 0) is 14.8 Å². The molecule has 1 aliphatic rings. The summed E-state index contributed by atoms with van der Waals surface area (Å²) >= 11 is 0. The van der Waals surface area contributed by atoms with Gasteiger partial charge in [-0.3, -0.25) is 4.79 Å². The maximum absolute atomic E-state index is 13.8. The van der Waals surface area contributed by atoms with Crippen LogP contribution in [0.1, 0.15) is 19.8 Å². The van der Waals surface area contributed by atoms with Crippen LogP contribution in [0.4, 0.5) is 4.39 Å². The number of hydrogen-bond acceptors (Lipinski definition) is 4. The van der Waals surface area contributed by atoms with Crippen LogP contribution >= 0.6 is 12.4 Å². The van der Waals surface area contributed by atoms with Crippen LogP contribution in [0.5, 0.6) is 0 Å². The Balaban J connectivity index is 0.00000312. The van der Waals surface area contributed by atoms with Gasteiger partial charge >= 0.3 is 0 Å². The third-order valence-corrected chi connectivity index (χ3v) is 6.29. The Bertz CT molecular complexity index is 679. The van der Waals surface area contributed by atoms with E-state index in [9.17, 15) is 17.6 Å². The summed E-state index contributed by atoms with van der Waals surface area (Å²) < 4.78 is 40.1. The number of benzene rings is 1. The number of carbonyl (C=O) groups excluding carboxylic acids is 1. The number of carbonyl (C=O) groups is 1. The second-order valence-electron chi connectivity index (χ2n) is 6.04. The molecule has 1 atom stereocenters. The Morgan fingerprint density at radius 1 is 1.32 bits per heavy atom. The largest absolute Gasteiger partial charge is 0.354 e. The molecule has 0 bridgehead atoms. The van der Waals surface area contributed by atoms with Gasteiger partial charge in [0.2, 0.25) is 15.9 Å². The minimum atomic E-state index is -3.85. The van der Waals surface area contributed by atoms with Gasteiger partial charge in [0.25, 0.3) is 0 Å². The quantitative estimate of drug-likeness (QED) is 0.765. The molecule has 1 aliphatic heterocycles. The standard InChI is InChI=1S/C16H24FN3O3S.ClH/c1-12(18-2)11-19-16(21)13-7-9-20(10-8-13)24(22,23)15-6-4-3-5-14(15)17;/h3-6,12-13,18H,7-11H2,1-2H3,(H,19,21);1H. The second kappa shape index (κ2) is 9.47. The van der Waals surface area contributed by atoms with Crippen molar-refractivity contribution in [3.05, 3.63) is 30.1 Å². The second-order valence-corrected chi connectivity index (χ2v) is 7.95. The van der Waals surface area contributed by atoms with Crippen molar-refractivity contribution in [1.29, 1.82) is 0 Å². The number of piperidine rings is 1. The zero-order valence-corrected chi connectivity index (χ0v) is 16.0. The van der Waals surface area contributed by atoms with Gasteiger partial charge in [-0.25, -0.2) is 12.8 Å². The van der Waals surface area contributed by atoms with Crippen molar-refractivity contribution in [2.24, 2.45) is 5.92 Å². The molecule has 9 heteroatoms. The van der Waals surface area contributed by atoms with Gasteiger partial charge in [0.15, 0.2) is 0 Å². The Hall–Kier alpha value is -1.22. The third-order valence-electron chi connectivity index (χ3n) is 4.35. The summed E-state index contributed by atoms with van der Waals surface area (Å²) in [7, 11) is -2.03. The van der Waals surface area contributed by atoms with Crippen LogP contribution < -0.4 is 10.6 Å². The fraction of sp³-hybridized carbons (Fsp3) is 0.562. The van der Waals surface area contributed by atoms with Crippen molar-refractivity contribution in [2.75, 3.05) is 26.7 Å². The molecule has 0 saturated carbocycles. The van der Waals surface area contributed by atoms with E-state index in [1.807, 2.05) is 14.0 Å². The van der Waals surface area contributed by atoms with Crippen LogP contribution in [0.3, 0.4) is 0 Å². The number of nitrogens with zero attached hydrogens (tertiary/aromatic N) is 1. The first-order valence-electron chi connectivity index (χ1n) is 8.06. The van der Waals surface area contributed by atoms with Gasteiger partial charge in [0.1, 0.15) is 10.7 Å². The zero-order valence-electron chi connectivity index (χ0n) is 14.4. The molecule has 1 aromatic carbocycles. The van der Waals surface area contributed by atoms with Crippen molar-refractivity contribution in [1.82, 2.24) is 14.9 Å². The number of amides is 1. The van der Waals surface area contributed by atoms with Gasteiger partial charge in [-0.05, 0) is 38.9 Å². The maximum Gasteiger partial charge on any atom is 0.245 e. The van der Waals surface area contributed by atoms with Gasteiger partial charge in [-0.2, -0.15) is 4.31 Å². The lowest BCUT2D eigenvalue weighted by Crippen LogP contribution is -2.45. The van der Waals surface area contributed by atoms with Crippen molar-refractivity contribution in [2.45, 2.75) is 30.7 Å². The first kappa shape index (κ1) is 21.8. The lowest BCUT2D eigenvalue weighted by Gasteiger charge is -2.30. The fourth-order valence-corrected chi connectivity index (χ4v) is 4.19. The van der Waals surface area contributed by atoms with E-state index in [1.54, 1.807) is 0 Å². The fourth-order valence-electron chi connectivity index (χ4n) is 2.65. The molecule has 1 amide bonds. The highest BCUT2D eigenvalue weighted by Gasteiger charge is 2.33. The minimum absolute atomic E-state index is 0. The lowest BCUT2D eigenvalue weighted by molar-refractivity contribution is -0.126. The Morgan fingerprint density at radius 3 is 2.48 bits per heavy atom. The molecular weight excluding hydrogens is 369 g/mol. The summed E-state index contributed by atoms with van der Waals surface area (Å²) in [6.07, 6.45) is 0.876. The predicted molar refractivity (Wildman–Crippen MR) is 96.7 cm³/mol. The van der Waals surface area contributed by atoms with Crippen LogP contribution in [0.15, 0.2) is 29.2 Å². The van der Waals surface area contributed by atoms with E-state index >= 15 is 0 Å². The summed E-state index contributed by atoms with van der Waals surface area (Å²) in [6, 6.07) is 5.53. The molecule has 0 aliphatic carbocycles.